The van der Waals surface area contributed by atoms with E-state index in [1.54, 1.807) is 7.05 Å². The number of nitrogens with zero attached hydrogens (tertiary/aromatic N) is 1. The van der Waals surface area contributed by atoms with E-state index in [1.165, 1.54) is 18.2 Å². The molecule has 0 atom stereocenters. The summed E-state index contributed by atoms with van der Waals surface area (Å²) in [5, 5.41) is 5.13. The SMILES string of the molecule is Cc1ccc(CN(C)c2cc(S(N)(=O)=O)ccc2N)o1. The fourth-order valence-corrected chi connectivity index (χ4v) is 2.45. The summed E-state index contributed by atoms with van der Waals surface area (Å²) < 4.78 is 28.2. The van der Waals surface area contributed by atoms with E-state index in [0.717, 1.165) is 11.5 Å². The Morgan fingerprint density at radius 1 is 1.25 bits per heavy atom. The van der Waals surface area contributed by atoms with Crippen molar-refractivity contribution in [3.63, 3.8) is 0 Å². The molecule has 2 rings (SSSR count). The summed E-state index contributed by atoms with van der Waals surface area (Å²) in [6.45, 7) is 2.34. The molecule has 0 radical (unpaired) electrons. The Bertz CT molecular complexity index is 722. The van der Waals surface area contributed by atoms with Crippen LogP contribution in [0.4, 0.5) is 11.4 Å². The molecule has 1 heterocycles. The molecule has 0 aliphatic heterocycles. The van der Waals surface area contributed by atoms with Gasteiger partial charge < -0.3 is 15.1 Å². The molecule has 1 aromatic carbocycles. The van der Waals surface area contributed by atoms with Crippen LogP contribution < -0.4 is 15.8 Å². The van der Waals surface area contributed by atoms with Crippen LogP contribution in [0.15, 0.2) is 39.6 Å². The van der Waals surface area contributed by atoms with Crippen molar-refractivity contribution in [3.05, 3.63) is 41.9 Å². The zero-order chi connectivity index (χ0) is 14.9. The highest BCUT2D eigenvalue weighted by Crippen LogP contribution is 2.26. The number of sulfonamides is 1. The zero-order valence-corrected chi connectivity index (χ0v) is 12.1. The van der Waals surface area contributed by atoms with Gasteiger partial charge in [0, 0.05) is 7.05 Å². The van der Waals surface area contributed by atoms with Gasteiger partial charge in [-0.1, -0.05) is 0 Å². The van der Waals surface area contributed by atoms with Crippen molar-refractivity contribution >= 4 is 21.4 Å². The fraction of sp³-hybridized carbons (Fsp3) is 0.231. The Morgan fingerprint density at radius 3 is 2.50 bits per heavy atom. The first-order valence-electron chi connectivity index (χ1n) is 5.96. The number of anilines is 2. The predicted molar refractivity (Wildman–Crippen MR) is 77.8 cm³/mol. The summed E-state index contributed by atoms with van der Waals surface area (Å²) in [6.07, 6.45) is 0. The van der Waals surface area contributed by atoms with Gasteiger partial charge in [0.1, 0.15) is 11.5 Å². The van der Waals surface area contributed by atoms with E-state index in [2.05, 4.69) is 0 Å². The van der Waals surface area contributed by atoms with Gasteiger partial charge in [-0.25, -0.2) is 13.6 Å². The molecule has 0 spiro atoms. The van der Waals surface area contributed by atoms with E-state index in [9.17, 15) is 8.42 Å². The van der Waals surface area contributed by atoms with E-state index in [0.29, 0.717) is 17.9 Å². The maximum Gasteiger partial charge on any atom is 0.238 e. The first-order valence-corrected chi connectivity index (χ1v) is 7.51. The molecule has 0 aliphatic rings. The van der Waals surface area contributed by atoms with Crippen molar-refractivity contribution in [2.75, 3.05) is 17.7 Å². The Morgan fingerprint density at radius 2 is 1.95 bits per heavy atom. The van der Waals surface area contributed by atoms with Crippen molar-refractivity contribution in [1.29, 1.82) is 0 Å². The van der Waals surface area contributed by atoms with Crippen molar-refractivity contribution < 1.29 is 12.8 Å². The smallest absolute Gasteiger partial charge is 0.238 e. The summed E-state index contributed by atoms with van der Waals surface area (Å²) in [5.74, 6) is 1.59. The van der Waals surface area contributed by atoms with Crippen LogP contribution in [0.3, 0.4) is 0 Å². The van der Waals surface area contributed by atoms with Crippen LogP contribution in [0.25, 0.3) is 0 Å². The van der Waals surface area contributed by atoms with Gasteiger partial charge >= 0.3 is 0 Å². The fourth-order valence-electron chi connectivity index (χ4n) is 1.92. The van der Waals surface area contributed by atoms with Gasteiger partial charge in [-0.2, -0.15) is 0 Å². The first kappa shape index (κ1) is 14.4. The van der Waals surface area contributed by atoms with E-state index >= 15 is 0 Å². The van der Waals surface area contributed by atoms with Gasteiger partial charge in [0.15, 0.2) is 0 Å². The molecular formula is C13H17N3O3S. The van der Waals surface area contributed by atoms with E-state index in [4.69, 9.17) is 15.3 Å². The normalized spacial score (nSPS) is 11.6. The second-order valence-electron chi connectivity index (χ2n) is 4.63. The lowest BCUT2D eigenvalue weighted by atomic mass is 10.2. The number of nitrogen functional groups attached to an aromatic ring is 1. The second kappa shape index (κ2) is 5.18. The van der Waals surface area contributed by atoms with Crippen LogP contribution in [-0.4, -0.2) is 15.5 Å². The predicted octanol–water partition coefficient (Wildman–Crippen LogP) is 1.45. The molecule has 108 valence electrons. The topological polar surface area (TPSA) is 103 Å². The van der Waals surface area contributed by atoms with Crippen LogP contribution in [0, 0.1) is 6.92 Å². The number of benzene rings is 1. The van der Waals surface area contributed by atoms with Gasteiger partial charge in [0.05, 0.1) is 22.8 Å². The maximum atomic E-state index is 11.4. The van der Waals surface area contributed by atoms with Gasteiger partial charge in [0.25, 0.3) is 0 Å². The Balaban J connectivity index is 2.31. The van der Waals surface area contributed by atoms with E-state index in [1.807, 2.05) is 24.0 Å². The summed E-state index contributed by atoms with van der Waals surface area (Å²) in [4.78, 5) is 1.84. The van der Waals surface area contributed by atoms with Crippen LogP contribution in [-0.2, 0) is 16.6 Å². The molecule has 7 heteroatoms. The molecule has 0 saturated heterocycles. The Hall–Kier alpha value is -1.99. The molecule has 6 nitrogen and oxygen atoms in total. The summed E-state index contributed by atoms with van der Waals surface area (Å²) in [7, 11) is -1.95. The van der Waals surface area contributed by atoms with Gasteiger partial charge in [-0.05, 0) is 37.3 Å². The van der Waals surface area contributed by atoms with E-state index in [-0.39, 0.29) is 4.90 Å². The third kappa shape index (κ3) is 3.12. The van der Waals surface area contributed by atoms with Crippen LogP contribution in [0.1, 0.15) is 11.5 Å². The standard InChI is InChI=1S/C13H17N3O3S/c1-9-3-4-10(19-9)8-16(2)13-7-11(20(15,17)18)5-6-12(13)14/h3-7H,8,14H2,1-2H3,(H2,15,17,18). The number of hydrogen-bond acceptors (Lipinski definition) is 5. The minimum absolute atomic E-state index is 0.0316. The molecule has 1 aromatic heterocycles. The lowest BCUT2D eigenvalue weighted by molar-refractivity contribution is 0.482. The average Bonchev–Trinajstić information content (AvgIpc) is 2.73. The number of nitrogens with two attached hydrogens (primary N) is 2. The number of hydrogen-bond donors (Lipinski definition) is 2. The van der Waals surface area contributed by atoms with Gasteiger partial charge in [-0.15, -0.1) is 0 Å². The molecular weight excluding hydrogens is 278 g/mol. The Kier molecular flexibility index (Phi) is 3.74. The molecule has 2 aromatic rings. The van der Waals surface area contributed by atoms with Gasteiger partial charge in [-0.3, -0.25) is 0 Å². The lowest BCUT2D eigenvalue weighted by Gasteiger charge is -2.20. The van der Waals surface area contributed by atoms with Crippen LogP contribution in [0.2, 0.25) is 0 Å². The quantitative estimate of drug-likeness (QED) is 0.831. The molecule has 4 N–H and O–H groups in total. The number of primary sulfonamides is 1. The highest BCUT2D eigenvalue weighted by Gasteiger charge is 2.14. The first-order chi connectivity index (χ1) is 9.27. The van der Waals surface area contributed by atoms with Gasteiger partial charge in [0.2, 0.25) is 10.0 Å². The number of furan rings is 1. The van der Waals surface area contributed by atoms with E-state index < -0.39 is 10.0 Å². The minimum Gasteiger partial charge on any atom is -0.464 e. The van der Waals surface area contributed by atoms with Crippen molar-refractivity contribution in [2.24, 2.45) is 5.14 Å². The molecule has 20 heavy (non-hydrogen) atoms. The third-order valence-corrected chi connectivity index (χ3v) is 3.84. The monoisotopic (exact) mass is 295 g/mol. The molecule has 0 amide bonds. The second-order valence-corrected chi connectivity index (χ2v) is 6.20. The number of rotatable bonds is 4. The zero-order valence-electron chi connectivity index (χ0n) is 11.3. The summed E-state index contributed by atoms with van der Waals surface area (Å²) in [5.41, 5.74) is 6.95. The Labute approximate surface area is 118 Å². The molecule has 0 unspecified atom stereocenters. The summed E-state index contributed by atoms with van der Waals surface area (Å²) in [6, 6.07) is 8.11. The highest BCUT2D eigenvalue weighted by atomic mass is 32.2. The highest BCUT2D eigenvalue weighted by molar-refractivity contribution is 7.89. The van der Waals surface area contributed by atoms with Crippen molar-refractivity contribution in [1.82, 2.24) is 0 Å². The van der Waals surface area contributed by atoms with Crippen molar-refractivity contribution in [2.45, 2.75) is 18.4 Å². The van der Waals surface area contributed by atoms with Crippen LogP contribution in [0.5, 0.6) is 0 Å². The summed E-state index contributed by atoms with van der Waals surface area (Å²) >= 11 is 0. The molecule has 0 aliphatic carbocycles. The van der Waals surface area contributed by atoms with Crippen molar-refractivity contribution in [3.8, 4) is 0 Å². The molecule has 0 fully saturated rings. The lowest BCUT2D eigenvalue weighted by Crippen LogP contribution is -2.19. The third-order valence-electron chi connectivity index (χ3n) is 2.93. The molecule has 0 bridgehead atoms. The number of aryl methyl sites for hydroxylation is 1. The average molecular weight is 295 g/mol. The largest absolute Gasteiger partial charge is 0.464 e. The maximum absolute atomic E-state index is 11.4. The van der Waals surface area contributed by atoms with Crippen LogP contribution >= 0.6 is 0 Å². The minimum atomic E-state index is -3.75. The molecule has 0 saturated carbocycles.